The van der Waals surface area contributed by atoms with E-state index in [4.69, 9.17) is 5.26 Å². The van der Waals surface area contributed by atoms with Crippen molar-refractivity contribution < 1.29 is 9.72 Å². The number of ketones is 1. The number of halogens is 1. The number of benzene rings is 1. The van der Waals surface area contributed by atoms with Crippen LogP contribution in [0.1, 0.15) is 22.8 Å². The minimum atomic E-state index is -0.577. The zero-order valence-electron chi connectivity index (χ0n) is 7.65. The van der Waals surface area contributed by atoms with Gasteiger partial charge in [-0.05, 0) is 35.6 Å². The third kappa shape index (κ3) is 2.30. The molecular formula is C9H5IN2O3. The molecule has 76 valence electrons. The van der Waals surface area contributed by atoms with Crippen LogP contribution in [0.4, 0.5) is 5.69 Å². The van der Waals surface area contributed by atoms with Crippen molar-refractivity contribution in [3.8, 4) is 6.07 Å². The van der Waals surface area contributed by atoms with Crippen molar-refractivity contribution in [1.29, 1.82) is 5.26 Å². The van der Waals surface area contributed by atoms with Gasteiger partial charge in [-0.25, -0.2) is 0 Å². The van der Waals surface area contributed by atoms with Crippen LogP contribution >= 0.6 is 22.6 Å². The number of Topliss-reactive ketones (excluding diaryl/α,β-unsaturated/α-hetero) is 1. The molecule has 1 aromatic carbocycles. The molecule has 0 saturated heterocycles. The van der Waals surface area contributed by atoms with Crippen LogP contribution in [-0.2, 0) is 0 Å². The van der Waals surface area contributed by atoms with Crippen LogP contribution in [0.2, 0.25) is 0 Å². The predicted molar refractivity (Wildman–Crippen MR) is 60.5 cm³/mol. The number of hydrogen-bond acceptors (Lipinski definition) is 4. The summed E-state index contributed by atoms with van der Waals surface area (Å²) in [5.74, 6) is -0.278. The molecule has 0 fully saturated rings. The first-order valence-electron chi connectivity index (χ1n) is 3.86. The second-order valence-electron chi connectivity index (χ2n) is 2.77. The molecule has 0 aromatic heterocycles. The lowest BCUT2D eigenvalue weighted by molar-refractivity contribution is -0.385. The second-order valence-corrected chi connectivity index (χ2v) is 3.94. The molecule has 0 heterocycles. The largest absolute Gasteiger partial charge is 0.294 e. The maximum absolute atomic E-state index is 11.1. The standard InChI is InChI=1S/C9H5IN2O3/c1-5(13)7-3-8(10)9(12(14)15)2-6(7)4-11/h2-3H,1H3. The van der Waals surface area contributed by atoms with Crippen molar-refractivity contribution in [2.24, 2.45) is 0 Å². The summed E-state index contributed by atoms with van der Waals surface area (Å²) in [6, 6.07) is 4.26. The number of rotatable bonds is 2. The third-order valence-corrected chi connectivity index (χ3v) is 2.65. The number of nitro groups is 1. The average Bonchev–Trinajstić information content (AvgIpc) is 2.16. The van der Waals surface area contributed by atoms with Crippen molar-refractivity contribution >= 4 is 34.1 Å². The summed E-state index contributed by atoms with van der Waals surface area (Å²) in [5, 5.41) is 19.3. The Morgan fingerprint density at radius 3 is 2.60 bits per heavy atom. The monoisotopic (exact) mass is 316 g/mol. The van der Waals surface area contributed by atoms with Crippen molar-refractivity contribution in [3.63, 3.8) is 0 Å². The zero-order chi connectivity index (χ0) is 11.6. The van der Waals surface area contributed by atoms with E-state index >= 15 is 0 Å². The summed E-state index contributed by atoms with van der Waals surface area (Å²) in [5.41, 5.74) is 0.0965. The minimum Gasteiger partial charge on any atom is -0.294 e. The van der Waals surface area contributed by atoms with Gasteiger partial charge in [-0.3, -0.25) is 14.9 Å². The molecule has 6 heteroatoms. The molecule has 0 aliphatic heterocycles. The Balaban J connectivity index is 3.51. The highest BCUT2D eigenvalue weighted by atomic mass is 127. The van der Waals surface area contributed by atoms with Crippen LogP contribution in [-0.4, -0.2) is 10.7 Å². The second kappa shape index (κ2) is 4.35. The molecule has 0 aliphatic carbocycles. The highest BCUT2D eigenvalue weighted by Crippen LogP contribution is 2.25. The van der Waals surface area contributed by atoms with Crippen LogP contribution in [0.3, 0.4) is 0 Å². The molecule has 0 unspecified atom stereocenters. The van der Waals surface area contributed by atoms with Crippen molar-refractivity contribution in [1.82, 2.24) is 0 Å². The van der Waals surface area contributed by atoms with Crippen LogP contribution in [0.15, 0.2) is 12.1 Å². The lowest BCUT2D eigenvalue weighted by atomic mass is 10.0. The number of carbonyl (C=O) groups is 1. The molecule has 0 atom stereocenters. The Hall–Kier alpha value is -1.49. The first-order valence-corrected chi connectivity index (χ1v) is 4.94. The SMILES string of the molecule is CC(=O)c1cc(I)c([N+](=O)[O-])cc1C#N. The van der Waals surface area contributed by atoms with Gasteiger partial charge in [0.1, 0.15) is 6.07 Å². The molecule has 0 aliphatic rings. The molecule has 0 N–H and O–H groups in total. The van der Waals surface area contributed by atoms with Gasteiger partial charge >= 0.3 is 0 Å². The van der Waals surface area contributed by atoms with E-state index in [1.54, 1.807) is 28.7 Å². The third-order valence-electron chi connectivity index (χ3n) is 1.78. The minimum absolute atomic E-state index is 0.0367. The molecule has 0 bridgehead atoms. The van der Waals surface area contributed by atoms with Gasteiger partial charge in [-0.1, -0.05) is 0 Å². The van der Waals surface area contributed by atoms with E-state index in [0.717, 1.165) is 6.07 Å². The fourth-order valence-corrected chi connectivity index (χ4v) is 1.75. The fourth-order valence-electron chi connectivity index (χ4n) is 1.09. The highest BCUT2D eigenvalue weighted by molar-refractivity contribution is 14.1. The van der Waals surface area contributed by atoms with E-state index < -0.39 is 4.92 Å². The molecule has 1 rings (SSSR count). The Kier molecular flexibility index (Phi) is 3.36. The summed E-state index contributed by atoms with van der Waals surface area (Å²) in [6.45, 7) is 1.32. The Labute approximate surface area is 99.0 Å². The van der Waals surface area contributed by atoms with Gasteiger partial charge in [0.05, 0.1) is 14.1 Å². The van der Waals surface area contributed by atoms with E-state index in [2.05, 4.69) is 0 Å². The number of nitrogens with zero attached hydrogens (tertiary/aromatic N) is 2. The molecular weight excluding hydrogens is 311 g/mol. The number of hydrogen-bond donors (Lipinski definition) is 0. The average molecular weight is 316 g/mol. The van der Waals surface area contributed by atoms with Crippen LogP contribution < -0.4 is 0 Å². The molecule has 0 radical (unpaired) electrons. The van der Waals surface area contributed by atoms with Crippen molar-refractivity contribution in [3.05, 3.63) is 36.9 Å². The first kappa shape index (κ1) is 11.6. The summed E-state index contributed by atoms with van der Waals surface area (Å²) in [4.78, 5) is 21.1. The van der Waals surface area contributed by atoms with Gasteiger partial charge in [0.15, 0.2) is 5.78 Å². The summed E-state index contributed by atoms with van der Waals surface area (Å²) in [6.07, 6.45) is 0. The molecule has 0 amide bonds. The fraction of sp³-hybridized carbons (Fsp3) is 0.111. The van der Waals surface area contributed by atoms with E-state index in [-0.39, 0.29) is 22.6 Å². The Morgan fingerprint density at radius 1 is 1.60 bits per heavy atom. The van der Waals surface area contributed by atoms with Gasteiger partial charge in [-0.15, -0.1) is 0 Å². The normalized spacial score (nSPS) is 9.40. The number of nitro benzene ring substituents is 1. The van der Waals surface area contributed by atoms with Crippen molar-refractivity contribution in [2.75, 3.05) is 0 Å². The van der Waals surface area contributed by atoms with Gasteiger partial charge in [0.25, 0.3) is 5.69 Å². The lowest BCUT2D eigenvalue weighted by Crippen LogP contribution is -2.01. The predicted octanol–water partition coefficient (Wildman–Crippen LogP) is 2.27. The Bertz CT molecular complexity index is 491. The van der Waals surface area contributed by atoms with Gasteiger partial charge in [-0.2, -0.15) is 5.26 Å². The van der Waals surface area contributed by atoms with E-state index in [9.17, 15) is 14.9 Å². The molecule has 15 heavy (non-hydrogen) atoms. The molecule has 0 saturated carbocycles. The van der Waals surface area contributed by atoms with Crippen LogP contribution in [0, 0.1) is 25.0 Å². The topological polar surface area (TPSA) is 84.0 Å². The zero-order valence-corrected chi connectivity index (χ0v) is 9.81. The smallest absolute Gasteiger partial charge is 0.284 e. The molecule has 1 aromatic rings. The van der Waals surface area contributed by atoms with Crippen LogP contribution in [0.5, 0.6) is 0 Å². The maximum atomic E-state index is 11.1. The lowest BCUT2D eigenvalue weighted by Gasteiger charge is -2.01. The van der Waals surface area contributed by atoms with Gasteiger partial charge < -0.3 is 0 Å². The number of carbonyl (C=O) groups excluding carboxylic acids is 1. The molecule has 0 spiro atoms. The summed E-state index contributed by atoms with van der Waals surface area (Å²) < 4.78 is 0.349. The highest BCUT2D eigenvalue weighted by Gasteiger charge is 2.18. The van der Waals surface area contributed by atoms with E-state index in [0.29, 0.717) is 3.57 Å². The summed E-state index contributed by atoms with van der Waals surface area (Å²) >= 11 is 1.76. The van der Waals surface area contributed by atoms with E-state index in [1.165, 1.54) is 13.0 Å². The first-order chi connectivity index (χ1) is 6.97. The maximum Gasteiger partial charge on any atom is 0.284 e. The summed E-state index contributed by atoms with van der Waals surface area (Å²) in [7, 11) is 0. The number of nitriles is 1. The van der Waals surface area contributed by atoms with Crippen molar-refractivity contribution in [2.45, 2.75) is 6.92 Å². The van der Waals surface area contributed by atoms with E-state index in [1.807, 2.05) is 0 Å². The van der Waals surface area contributed by atoms with Crippen LogP contribution in [0.25, 0.3) is 0 Å². The van der Waals surface area contributed by atoms with Gasteiger partial charge in [0, 0.05) is 11.6 Å². The molecule has 5 nitrogen and oxygen atoms in total. The van der Waals surface area contributed by atoms with Gasteiger partial charge in [0.2, 0.25) is 0 Å². The Morgan fingerprint density at radius 2 is 2.20 bits per heavy atom. The quantitative estimate of drug-likeness (QED) is 0.363.